The van der Waals surface area contributed by atoms with Gasteiger partial charge in [-0.1, -0.05) is 32.0 Å². The number of rotatable bonds is 6. The van der Waals surface area contributed by atoms with Crippen molar-refractivity contribution >= 4 is 34.3 Å². The summed E-state index contributed by atoms with van der Waals surface area (Å²) in [7, 11) is 0. The summed E-state index contributed by atoms with van der Waals surface area (Å²) in [5.74, 6) is -0.837. The van der Waals surface area contributed by atoms with Crippen molar-refractivity contribution in [3.05, 3.63) is 54.1 Å². The standard InChI is InChI=1S/C24H27F2N5O/c1-4-31(24(32)15(2)3)17-10-11-30(14-17)23-22(27-16-8-6-5-7-9-16)28-20-12-18(25)19(26)13-21(20)29-23/h5-9,12-13,15,17H,4,10-11,14H2,1-3H3,(H,27,28)/t17-/m0/s1. The molecule has 1 saturated heterocycles. The molecule has 0 saturated carbocycles. The van der Waals surface area contributed by atoms with Gasteiger partial charge in [-0.05, 0) is 25.5 Å². The second-order valence-corrected chi connectivity index (χ2v) is 8.31. The molecule has 6 nitrogen and oxygen atoms in total. The van der Waals surface area contributed by atoms with E-state index in [1.165, 1.54) is 0 Å². The highest BCUT2D eigenvalue weighted by molar-refractivity contribution is 5.83. The molecule has 1 fully saturated rings. The molecular formula is C24H27F2N5O. The Hall–Kier alpha value is -3.29. The molecule has 3 aromatic rings. The van der Waals surface area contributed by atoms with Crippen LogP contribution < -0.4 is 10.2 Å². The molecule has 168 valence electrons. The number of nitrogens with one attached hydrogen (secondary N) is 1. The van der Waals surface area contributed by atoms with Crippen molar-refractivity contribution < 1.29 is 13.6 Å². The zero-order valence-electron chi connectivity index (χ0n) is 18.5. The minimum absolute atomic E-state index is 0.0573. The molecule has 0 aliphatic carbocycles. The number of para-hydroxylation sites is 1. The monoisotopic (exact) mass is 439 g/mol. The molecule has 8 heteroatoms. The van der Waals surface area contributed by atoms with E-state index >= 15 is 0 Å². The van der Waals surface area contributed by atoms with Crippen molar-refractivity contribution in [2.24, 2.45) is 5.92 Å². The number of carbonyl (C=O) groups is 1. The van der Waals surface area contributed by atoms with E-state index in [0.29, 0.717) is 31.3 Å². The number of hydrogen-bond acceptors (Lipinski definition) is 5. The minimum atomic E-state index is -0.961. The van der Waals surface area contributed by atoms with Gasteiger partial charge in [0.05, 0.1) is 17.1 Å². The van der Waals surface area contributed by atoms with E-state index < -0.39 is 11.6 Å². The molecule has 0 unspecified atom stereocenters. The van der Waals surface area contributed by atoms with E-state index in [-0.39, 0.29) is 28.9 Å². The van der Waals surface area contributed by atoms with Gasteiger partial charge >= 0.3 is 0 Å². The van der Waals surface area contributed by atoms with Gasteiger partial charge in [-0.15, -0.1) is 0 Å². The van der Waals surface area contributed by atoms with Crippen LogP contribution in [-0.4, -0.2) is 46.5 Å². The number of hydrogen-bond donors (Lipinski definition) is 1. The Labute approximate surface area is 186 Å². The lowest BCUT2D eigenvalue weighted by atomic mass is 10.1. The second-order valence-electron chi connectivity index (χ2n) is 8.31. The van der Waals surface area contributed by atoms with Gasteiger partial charge in [-0.3, -0.25) is 4.79 Å². The maximum atomic E-state index is 13.9. The van der Waals surface area contributed by atoms with E-state index in [1.807, 2.05) is 56.0 Å². The van der Waals surface area contributed by atoms with E-state index in [9.17, 15) is 13.6 Å². The van der Waals surface area contributed by atoms with Crippen molar-refractivity contribution in [2.45, 2.75) is 33.2 Å². The largest absolute Gasteiger partial charge is 0.351 e. The molecule has 0 radical (unpaired) electrons. The number of amides is 1. The number of benzene rings is 2. The molecule has 1 atom stereocenters. The fourth-order valence-corrected chi connectivity index (χ4v) is 4.12. The van der Waals surface area contributed by atoms with Crippen LogP contribution in [0.25, 0.3) is 11.0 Å². The van der Waals surface area contributed by atoms with E-state index in [2.05, 4.69) is 20.2 Å². The topological polar surface area (TPSA) is 61.4 Å². The number of halogens is 2. The molecule has 0 bridgehead atoms. The Morgan fingerprint density at radius 2 is 1.81 bits per heavy atom. The fourth-order valence-electron chi connectivity index (χ4n) is 4.12. The molecule has 1 amide bonds. The molecule has 32 heavy (non-hydrogen) atoms. The van der Waals surface area contributed by atoms with Crippen LogP contribution in [0, 0.1) is 17.6 Å². The van der Waals surface area contributed by atoms with Crippen molar-refractivity contribution in [3.8, 4) is 0 Å². The maximum Gasteiger partial charge on any atom is 0.225 e. The van der Waals surface area contributed by atoms with Crippen LogP contribution in [0.5, 0.6) is 0 Å². The lowest BCUT2D eigenvalue weighted by molar-refractivity contribution is -0.136. The van der Waals surface area contributed by atoms with Gasteiger partial charge in [-0.25, -0.2) is 18.7 Å². The quantitative estimate of drug-likeness (QED) is 0.601. The summed E-state index contributed by atoms with van der Waals surface area (Å²) in [5, 5.41) is 3.26. The first kappa shape index (κ1) is 21.9. The Bertz CT molecular complexity index is 1120. The Kier molecular flexibility index (Phi) is 6.21. The van der Waals surface area contributed by atoms with Gasteiger partial charge in [0.2, 0.25) is 5.91 Å². The molecule has 2 heterocycles. The van der Waals surface area contributed by atoms with Crippen LogP contribution in [0.15, 0.2) is 42.5 Å². The Morgan fingerprint density at radius 3 is 2.44 bits per heavy atom. The summed E-state index contributed by atoms with van der Waals surface area (Å²) in [6.07, 6.45) is 0.800. The molecule has 4 rings (SSSR count). The lowest BCUT2D eigenvalue weighted by Crippen LogP contribution is -2.43. The highest BCUT2D eigenvalue weighted by Crippen LogP contribution is 2.32. The van der Waals surface area contributed by atoms with Crippen molar-refractivity contribution in [1.82, 2.24) is 14.9 Å². The Balaban J connectivity index is 1.71. The van der Waals surface area contributed by atoms with E-state index in [0.717, 1.165) is 24.2 Å². The van der Waals surface area contributed by atoms with E-state index in [4.69, 9.17) is 0 Å². The second kappa shape index (κ2) is 9.06. The minimum Gasteiger partial charge on any atom is -0.351 e. The van der Waals surface area contributed by atoms with Gasteiger partial charge in [-0.2, -0.15) is 0 Å². The van der Waals surface area contributed by atoms with Gasteiger partial charge in [0.25, 0.3) is 0 Å². The van der Waals surface area contributed by atoms with Gasteiger partial charge < -0.3 is 15.1 Å². The third-order valence-corrected chi connectivity index (χ3v) is 5.75. The van der Waals surface area contributed by atoms with Crippen molar-refractivity contribution in [3.63, 3.8) is 0 Å². The summed E-state index contributed by atoms with van der Waals surface area (Å²) in [6, 6.07) is 11.7. The van der Waals surface area contributed by atoms with Crippen LogP contribution >= 0.6 is 0 Å². The molecule has 1 aliphatic rings. The number of anilines is 3. The first-order valence-corrected chi connectivity index (χ1v) is 10.9. The van der Waals surface area contributed by atoms with Gasteiger partial charge in [0.15, 0.2) is 23.3 Å². The third kappa shape index (κ3) is 4.35. The summed E-state index contributed by atoms with van der Waals surface area (Å²) in [4.78, 5) is 25.8. The SMILES string of the molecule is CCN(C(=O)C(C)C)[C@H]1CCN(c2nc3cc(F)c(F)cc3nc2Nc2ccccc2)C1. The molecule has 2 aromatic carbocycles. The van der Waals surface area contributed by atoms with Crippen LogP contribution in [0.3, 0.4) is 0 Å². The summed E-state index contributed by atoms with van der Waals surface area (Å²) < 4.78 is 27.7. The predicted molar refractivity (Wildman–Crippen MR) is 122 cm³/mol. The van der Waals surface area contributed by atoms with Gasteiger partial charge in [0.1, 0.15) is 0 Å². The number of likely N-dealkylation sites (N-methyl/N-ethyl adjacent to an activating group) is 1. The van der Waals surface area contributed by atoms with Crippen LogP contribution in [0.1, 0.15) is 27.2 Å². The molecule has 1 aliphatic heterocycles. The first-order chi connectivity index (χ1) is 15.4. The molecule has 0 spiro atoms. The summed E-state index contributed by atoms with van der Waals surface area (Å²) >= 11 is 0. The normalized spacial score (nSPS) is 16.1. The van der Waals surface area contributed by atoms with Crippen molar-refractivity contribution in [2.75, 3.05) is 29.9 Å². The fraction of sp³-hybridized carbons (Fsp3) is 0.375. The van der Waals surface area contributed by atoms with Crippen molar-refractivity contribution in [1.29, 1.82) is 0 Å². The highest BCUT2D eigenvalue weighted by Gasteiger charge is 2.32. The average molecular weight is 440 g/mol. The molecular weight excluding hydrogens is 412 g/mol. The third-order valence-electron chi connectivity index (χ3n) is 5.75. The smallest absolute Gasteiger partial charge is 0.225 e. The van der Waals surface area contributed by atoms with Crippen LogP contribution in [0.4, 0.5) is 26.1 Å². The summed E-state index contributed by atoms with van der Waals surface area (Å²) in [6.45, 7) is 7.71. The number of fused-ring (bicyclic) bond motifs is 1. The lowest BCUT2D eigenvalue weighted by Gasteiger charge is -2.30. The van der Waals surface area contributed by atoms with E-state index in [1.54, 1.807) is 0 Å². The van der Waals surface area contributed by atoms with Crippen LogP contribution in [-0.2, 0) is 4.79 Å². The van der Waals surface area contributed by atoms with Gasteiger partial charge in [0, 0.05) is 43.4 Å². The zero-order valence-corrected chi connectivity index (χ0v) is 18.5. The van der Waals surface area contributed by atoms with Crippen LogP contribution in [0.2, 0.25) is 0 Å². The predicted octanol–water partition coefficient (Wildman–Crippen LogP) is 4.73. The molecule has 1 N–H and O–H groups in total. The molecule has 1 aromatic heterocycles. The average Bonchev–Trinajstić information content (AvgIpc) is 3.25. The zero-order chi connectivity index (χ0) is 22.8. The number of nitrogens with zero attached hydrogens (tertiary/aromatic N) is 4. The number of aromatic nitrogens is 2. The Morgan fingerprint density at radius 1 is 1.16 bits per heavy atom. The summed E-state index contributed by atoms with van der Waals surface area (Å²) in [5.41, 5.74) is 1.37. The first-order valence-electron chi connectivity index (χ1n) is 10.9. The number of carbonyl (C=O) groups excluding carboxylic acids is 1. The maximum absolute atomic E-state index is 13.9. The highest BCUT2D eigenvalue weighted by atomic mass is 19.2.